The zero-order valence-corrected chi connectivity index (χ0v) is 15.9. The van der Waals surface area contributed by atoms with E-state index < -0.39 is 0 Å². The molecule has 2 saturated heterocycles. The molecule has 4 atom stereocenters. The SMILES string of the molecule is CCC[C@H]1CC2CCC([C@@H]1COc1nc3ccc(Cl)cc3s1)N2C. The van der Waals surface area contributed by atoms with Crippen LogP contribution in [0.2, 0.25) is 5.02 Å². The van der Waals surface area contributed by atoms with Gasteiger partial charge in [-0.05, 0) is 50.4 Å². The van der Waals surface area contributed by atoms with Crippen molar-refractivity contribution in [2.45, 2.75) is 51.1 Å². The summed E-state index contributed by atoms with van der Waals surface area (Å²) in [5.41, 5.74) is 0.978. The summed E-state index contributed by atoms with van der Waals surface area (Å²) in [5.74, 6) is 1.43. The van der Waals surface area contributed by atoms with Gasteiger partial charge in [-0.25, -0.2) is 4.98 Å². The Morgan fingerprint density at radius 2 is 2.25 bits per heavy atom. The molecular weight excluding hydrogens is 340 g/mol. The molecule has 0 N–H and O–H groups in total. The normalized spacial score (nSPS) is 30.1. The number of ether oxygens (including phenoxy) is 1. The molecule has 2 unspecified atom stereocenters. The van der Waals surface area contributed by atoms with E-state index in [0.717, 1.165) is 39.0 Å². The molecule has 4 rings (SSSR count). The Kier molecular flexibility index (Phi) is 4.72. The van der Waals surface area contributed by atoms with Crippen molar-refractivity contribution in [3.63, 3.8) is 0 Å². The molecule has 0 radical (unpaired) electrons. The number of aromatic nitrogens is 1. The molecule has 130 valence electrons. The van der Waals surface area contributed by atoms with Crippen molar-refractivity contribution >= 4 is 33.2 Å². The van der Waals surface area contributed by atoms with Gasteiger partial charge in [-0.1, -0.05) is 42.7 Å². The number of halogens is 1. The number of fused-ring (bicyclic) bond motifs is 3. The second-order valence-corrected chi connectivity index (χ2v) is 8.74. The van der Waals surface area contributed by atoms with Gasteiger partial charge >= 0.3 is 0 Å². The molecular formula is C19H25ClN2OS. The van der Waals surface area contributed by atoms with Crippen LogP contribution in [-0.4, -0.2) is 35.6 Å². The fourth-order valence-electron chi connectivity index (χ4n) is 4.74. The minimum atomic E-state index is 0.629. The molecule has 1 aromatic heterocycles. The summed E-state index contributed by atoms with van der Waals surface area (Å²) < 4.78 is 7.28. The van der Waals surface area contributed by atoms with Gasteiger partial charge in [0.1, 0.15) is 0 Å². The molecule has 24 heavy (non-hydrogen) atoms. The Bertz CT molecular complexity index is 718. The van der Waals surface area contributed by atoms with E-state index in [1.165, 1.54) is 32.1 Å². The maximum atomic E-state index is 6.18. The van der Waals surface area contributed by atoms with Crippen LogP contribution in [0.15, 0.2) is 18.2 Å². The van der Waals surface area contributed by atoms with Crippen LogP contribution in [-0.2, 0) is 0 Å². The highest BCUT2D eigenvalue weighted by Crippen LogP contribution is 2.43. The second-order valence-electron chi connectivity index (χ2n) is 7.32. The summed E-state index contributed by atoms with van der Waals surface area (Å²) in [6.45, 7) is 3.09. The van der Waals surface area contributed by atoms with Crippen molar-refractivity contribution in [3.8, 4) is 5.19 Å². The van der Waals surface area contributed by atoms with E-state index >= 15 is 0 Å². The predicted octanol–water partition coefficient (Wildman–Crippen LogP) is 5.23. The molecule has 2 aliphatic rings. The lowest BCUT2D eigenvalue weighted by atomic mass is 9.78. The first-order valence-electron chi connectivity index (χ1n) is 9.06. The third-order valence-electron chi connectivity index (χ3n) is 5.96. The largest absolute Gasteiger partial charge is 0.470 e. The Labute approximate surface area is 153 Å². The Morgan fingerprint density at radius 1 is 1.38 bits per heavy atom. The van der Waals surface area contributed by atoms with E-state index in [0.29, 0.717) is 12.0 Å². The summed E-state index contributed by atoms with van der Waals surface area (Å²) in [6, 6.07) is 7.31. The van der Waals surface area contributed by atoms with Crippen LogP contribution in [0.1, 0.15) is 39.0 Å². The maximum Gasteiger partial charge on any atom is 0.274 e. The third-order valence-corrected chi connectivity index (χ3v) is 7.12. The fourth-order valence-corrected chi connectivity index (χ4v) is 5.84. The van der Waals surface area contributed by atoms with Gasteiger partial charge in [0.25, 0.3) is 5.19 Å². The van der Waals surface area contributed by atoms with Gasteiger partial charge in [0.05, 0.1) is 16.8 Å². The van der Waals surface area contributed by atoms with Crippen molar-refractivity contribution < 1.29 is 4.74 Å². The van der Waals surface area contributed by atoms with Crippen molar-refractivity contribution in [3.05, 3.63) is 23.2 Å². The van der Waals surface area contributed by atoms with Crippen molar-refractivity contribution in [2.75, 3.05) is 13.7 Å². The lowest BCUT2D eigenvalue weighted by Crippen LogP contribution is -2.48. The van der Waals surface area contributed by atoms with Gasteiger partial charge in [0.15, 0.2) is 0 Å². The zero-order valence-electron chi connectivity index (χ0n) is 14.4. The number of rotatable bonds is 5. The van der Waals surface area contributed by atoms with Gasteiger partial charge in [0, 0.05) is 23.0 Å². The van der Waals surface area contributed by atoms with E-state index in [2.05, 4.69) is 23.9 Å². The minimum absolute atomic E-state index is 0.629. The Morgan fingerprint density at radius 3 is 3.08 bits per heavy atom. The number of thiazole rings is 1. The monoisotopic (exact) mass is 364 g/mol. The molecule has 2 aromatic rings. The fraction of sp³-hybridized carbons (Fsp3) is 0.632. The van der Waals surface area contributed by atoms with Crippen molar-refractivity contribution in [2.24, 2.45) is 11.8 Å². The molecule has 0 amide bonds. The van der Waals surface area contributed by atoms with Crippen LogP contribution < -0.4 is 4.74 Å². The number of hydrogen-bond acceptors (Lipinski definition) is 4. The molecule has 2 aliphatic heterocycles. The van der Waals surface area contributed by atoms with E-state index in [1.807, 2.05) is 18.2 Å². The third kappa shape index (κ3) is 3.04. The van der Waals surface area contributed by atoms with E-state index in [1.54, 1.807) is 11.3 Å². The molecule has 0 spiro atoms. The molecule has 1 aromatic carbocycles. The van der Waals surface area contributed by atoms with E-state index in [4.69, 9.17) is 16.3 Å². The first kappa shape index (κ1) is 16.6. The lowest BCUT2D eigenvalue weighted by molar-refractivity contribution is 0.0338. The average Bonchev–Trinajstić information content (AvgIpc) is 3.06. The second kappa shape index (κ2) is 6.81. The topological polar surface area (TPSA) is 25.4 Å². The van der Waals surface area contributed by atoms with E-state index in [9.17, 15) is 0 Å². The Balaban J connectivity index is 1.49. The maximum absolute atomic E-state index is 6.18. The summed E-state index contributed by atoms with van der Waals surface area (Å²) in [5, 5.41) is 1.54. The van der Waals surface area contributed by atoms with Crippen LogP contribution in [0.5, 0.6) is 5.19 Å². The summed E-state index contributed by atoms with van der Waals surface area (Å²) in [4.78, 5) is 7.22. The molecule has 5 heteroatoms. The molecule has 2 fully saturated rings. The predicted molar refractivity (Wildman–Crippen MR) is 101 cm³/mol. The van der Waals surface area contributed by atoms with Crippen LogP contribution in [0.3, 0.4) is 0 Å². The first-order chi connectivity index (χ1) is 11.7. The van der Waals surface area contributed by atoms with Gasteiger partial charge < -0.3 is 9.64 Å². The smallest absolute Gasteiger partial charge is 0.274 e. The van der Waals surface area contributed by atoms with Crippen molar-refractivity contribution in [1.29, 1.82) is 0 Å². The molecule has 3 heterocycles. The molecule has 3 nitrogen and oxygen atoms in total. The van der Waals surface area contributed by atoms with Crippen LogP contribution in [0.25, 0.3) is 10.2 Å². The minimum Gasteiger partial charge on any atom is -0.470 e. The number of hydrogen-bond donors (Lipinski definition) is 0. The summed E-state index contributed by atoms with van der Waals surface area (Å²) in [6.07, 6.45) is 6.61. The van der Waals surface area contributed by atoms with Gasteiger partial charge in [-0.2, -0.15) is 0 Å². The zero-order chi connectivity index (χ0) is 16.7. The highest BCUT2D eigenvalue weighted by Gasteiger charge is 2.45. The molecule has 0 aliphatic carbocycles. The molecule has 2 bridgehead atoms. The van der Waals surface area contributed by atoms with Gasteiger partial charge in [0.2, 0.25) is 0 Å². The summed E-state index contributed by atoms with van der Waals surface area (Å²) >= 11 is 7.68. The van der Waals surface area contributed by atoms with Crippen LogP contribution >= 0.6 is 22.9 Å². The average molecular weight is 365 g/mol. The first-order valence-corrected chi connectivity index (χ1v) is 10.3. The highest BCUT2D eigenvalue weighted by atomic mass is 35.5. The molecule has 0 saturated carbocycles. The number of nitrogens with zero attached hydrogens (tertiary/aromatic N) is 2. The summed E-state index contributed by atoms with van der Waals surface area (Å²) in [7, 11) is 2.30. The highest BCUT2D eigenvalue weighted by molar-refractivity contribution is 7.20. The lowest BCUT2D eigenvalue weighted by Gasteiger charge is -2.42. The van der Waals surface area contributed by atoms with Gasteiger partial charge in [-0.15, -0.1) is 0 Å². The standard InChI is InChI=1S/C19H25ClN2OS/c1-3-4-12-9-14-6-8-17(22(14)2)15(12)11-23-19-21-16-7-5-13(20)10-18(16)24-19/h5,7,10,12,14-15,17H,3-4,6,8-9,11H2,1-2H3/t12-,14?,15+,17?/m0/s1. The van der Waals surface area contributed by atoms with Crippen LogP contribution in [0, 0.1) is 11.8 Å². The van der Waals surface area contributed by atoms with Crippen LogP contribution in [0.4, 0.5) is 0 Å². The number of piperidine rings is 1. The van der Waals surface area contributed by atoms with E-state index in [-0.39, 0.29) is 0 Å². The number of benzene rings is 1. The quantitative estimate of drug-likeness (QED) is 0.726. The van der Waals surface area contributed by atoms with Gasteiger partial charge in [-0.3, -0.25) is 0 Å². The Hall–Kier alpha value is -0.840. The van der Waals surface area contributed by atoms with Crippen molar-refractivity contribution in [1.82, 2.24) is 9.88 Å².